The molecular formula is C14H14FNO4S. The molecule has 0 bridgehead atoms. The molecule has 5 nitrogen and oxygen atoms in total. The lowest BCUT2D eigenvalue weighted by Gasteiger charge is -2.09. The van der Waals surface area contributed by atoms with E-state index in [-0.39, 0.29) is 17.4 Å². The van der Waals surface area contributed by atoms with Crippen LogP contribution in [-0.4, -0.2) is 22.0 Å². The Bertz CT molecular complexity index is 659. The molecule has 0 saturated carbocycles. The molecule has 0 aliphatic heterocycles. The predicted molar refractivity (Wildman–Crippen MR) is 75.3 cm³/mol. The maximum absolute atomic E-state index is 12.0. The molecule has 2 aromatic carbocycles. The summed E-state index contributed by atoms with van der Waals surface area (Å²) in [6, 6.07) is 14.3. The minimum absolute atomic E-state index is 0.0466. The fraction of sp³-hybridized carbons (Fsp3) is 0.143. The van der Waals surface area contributed by atoms with Gasteiger partial charge in [-0.25, -0.2) is 12.8 Å². The van der Waals surface area contributed by atoms with Crippen molar-refractivity contribution in [1.82, 2.24) is 4.72 Å². The van der Waals surface area contributed by atoms with Gasteiger partial charge in [-0.2, -0.15) is 4.72 Å². The zero-order valence-electron chi connectivity index (χ0n) is 11.0. The highest BCUT2D eigenvalue weighted by atomic mass is 32.2. The number of halogens is 1. The van der Waals surface area contributed by atoms with Crippen LogP contribution < -0.4 is 14.2 Å². The number of hydrogen-bond acceptors (Lipinski definition) is 4. The average Bonchev–Trinajstić information content (AvgIpc) is 2.49. The standard InChI is InChI=1S/C14H14FNO4S/c15-10-19-13-6-8-14(9-7-13)21(17,18)16-11-20-12-4-2-1-3-5-12/h1-9,16H,10-11H2. The van der Waals surface area contributed by atoms with Crippen molar-refractivity contribution in [3.8, 4) is 11.5 Å². The maximum atomic E-state index is 12.0. The summed E-state index contributed by atoms with van der Waals surface area (Å²) in [4.78, 5) is 0.0466. The first-order valence-electron chi connectivity index (χ1n) is 6.08. The van der Waals surface area contributed by atoms with E-state index in [0.29, 0.717) is 5.75 Å². The summed E-state index contributed by atoms with van der Waals surface area (Å²) in [6.07, 6.45) is 0. The quantitative estimate of drug-likeness (QED) is 0.797. The van der Waals surface area contributed by atoms with Gasteiger partial charge >= 0.3 is 0 Å². The molecule has 112 valence electrons. The molecule has 0 unspecified atom stereocenters. The Kier molecular flexibility index (Phi) is 5.13. The lowest BCUT2D eigenvalue weighted by molar-refractivity contribution is 0.191. The van der Waals surface area contributed by atoms with E-state index in [2.05, 4.69) is 9.46 Å². The molecular weight excluding hydrogens is 297 g/mol. The lowest BCUT2D eigenvalue weighted by atomic mass is 10.3. The number of rotatable bonds is 7. The van der Waals surface area contributed by atoms with E-state index in [9.17, 15) is 12.8 Å². The molecule has 2 rings (SSSR count). The van der Waals surface area contributed by atoms with E-state index in [1.54, 1.807) is 24.3 Å². The molecule has 21 heavy (non-hydrogen) atoms. The third-order valence-corrected chi connectivity index (χ3v) is 3.98. The van der Waals surface area contributed by atoms with Crippen LogP contribution in [0.3, 0.4) is 0 Å². The molecule has 0 fully saturated rings. The van der Waals surface area contributed by atoms with E-state index >= 15 is 0 Å². The second kappa shape index (κ2) is 7.05. The molecule has 0 aromatic heterocycles. The van der Waals surface area contributed by atoms with Crippen LogP contribution >= 0.6 is 0 Å². The van der Waals surface area contributed by atoms with Gasteiger partial charge in [0.1, 0.15) is 11.5 Å². The molecule has 7 heteroatoms. The number of benzene rings is 2. The maximum Gasteiger partial charge on any atom is 0.243 e. The first-order chi connectivity index (χ1) is 10.1. The van der Waals surface area contributed by atoms with Gasteiger partial charge in [-0.3, -0.25) is 0 Å². The largest absolute Gasteiger partial charge is 0.477 e. The summed E-state index contributed by atoms with van der Waals surface area (Å²) in [5.41, 5.74) is 0. The average molecular weight is 311 g/mol. The zero-order chi connectivity index (χ0) is 15.1. The van der Waals surface area contributed by atoms with Crippen molar-refractivity contribution in [3.05, 3.63) is 54.6 Å². The number of ether oxygens (including phenoxy) is 2. The third-order valence-electron chi connectivity index (χ3n) is 2.59. The summed E-state index contributed by atoms with van der Waals surface area (Å²) >= 11 is 0. The van der Waals surface area contributed by atoms with Gasteiger partial charge < -0.3 is 9.47 Å². The third kappa shape index (κ3) is 4.44. The molecule has 0 radical (unpaired) electrons. The molecule has 0 heterocycles. The van der Waals surface area contributed by atoms with Crippen molar-refractivity contribution >= 4 is 10.0 Å². The number of nitrogens with one attached hydrogen (secondary N) is 1. The Hall–Kier alpha value is -2.12. The first-order valence-corrected chi connectivity index (χ1v) is 7.56. The minimum atomic E-state index is -3.69. The summed E-state index contributed by atoms with van der Waals surface area (Å²) in [5, 5.41) is 0. The molecule has 0 saturated heterocycles. The van der Waals surface area contributed by atoms with Gasteiger partial charge in [-0.05, 0) is 36.4 Å². The van der Waals surface area contributed by atoms with E-state index < -0.39 is 16.9 Å². The first kappa shape index (κ1) is 15.3. The highest BCUT2D eigenvalue weighted by Crippen LogP contribution is 2.16. The Morgan fingerprint density at radius 2 is 1.52 bits per heavy atom. The van der Waals surface area contributed by atoms with Crippen LogP contribution in [0.4, 0.5) is 4.39 Å². The summed E-state index contributed by atoms with van der Waals surface area (Å²) in [5.74, 6) is 0.823. The van der Waals surface area contributed by atoms with Crippen LogP contribution in [0.1, 0.15) is 0 Å². The Labute approximate surface area is 122 Å². The van der Waals surface area contributed by atoms with Gasteiger partial charge in [0.15, 0.2) is 6.73 Å². The zero-order valence-corrected chi connectivity index (χ0v) is 11.8. The van der Waals surface area contributed by atoms with E-state index in [0.717, 1.165) is 0 Å². The smallest absolute Gasteiger partial charge is 0.243 e. The molecule has 1 N–H and O–H groups in total. The van der Waals surface area contributed by atoms with Crippen molar-refractivity contribution in [3.63, 3.8) is 0 Å². The molecule has 2 aromatic rings. The Morgan fingerprint density at radius 3 is 2.14 bits per heavy atom. The second-order valence-corrected chi connectivity index (χ2v) is 5.74. The Morgan fingerprint density at radius 1 is 0.905 bits per heavy atom. The predicted octanol–water partition coefficient (Wildman–Crippen LogP) is 2.31. The van der Waals surface area contributed by atoms with Crippen molar-refractivity contribution in [2.24, 2.45) is 0 Å². The van der Waals surface area contributed by atoms with Gasteiger partial charge in [0.2, 0.25) is 16.9 Å². The second-order valence-electron chi connectivity index (χ2n) is 3.97. The van der Waals surface area contributed by atoms with Crippen LogP contribution in [0.2, 0.25) is 0 Å². The lowest BCUT2D eigenvalue weighted by Crippen LogP contribution is -2.27. The summed E-state index contributed by atoms with van der Waals surface area (Å²) in [6.45, 7) is -1.15. The highest BCUT2D eigenvalue weighted by molar-refractivity contribution is 7.89. The van der Waals surface area contributed by atoms with Crippen LogP contribution in [0.15, 0.2) is 59.5 Å². The number of hydrogen-bond donors (Lipinski definition) is 1. The molecule has 0 aliphatic carbocycles. The van der Waals surface area contributed by atoms with Gasteiger partial charge in [0.05, 0.1) is 4.90 Å². The van der Waals surface area contributed by atoms with Crippen molar-refractivity contribution in [1.29, 1.82) is 0 Å². The molecule has 0 amide bonds. The van der Waals surface area contributed by atoms with Gasteiger partial charge in [0.25, 0.3) is 0 Å². The van der Waals surface area contributed by atoms with Crippen LogP contribution in [0.5, 0.6) is 11.5 Å². The molecule has 0 atom stereocenters. The van der Waals surface area contributed by atoms with E-state index in [4.69, 9.17) is 4.74 Å². The van der Waals surface area contributed by atoms with E-state index in [1.807, 2.05) is 6.07 Å². The van der Waals surface area contributed by atoms with Gasteiger partial charge in [-0.1, -0.05) is 18.2 Å². The highest BCUT2D eigenvalue weighted by Gasteiger charge is 2.13. The number of alkyl halides is 1. The number of sulfonamides is 1. The normalized spacial score (nSPS) is 11.1. The number of para-hydroxylation sites is 1. The van der Waals surface area contributed by atoms with E-state index in [1.165, 1.54) is 24.3 Å². The summed E-state index contributed by atoms with van der Waals surface area (Å²) < 4.78 is 48.1. The van der Waals surface area contributed by atoms with Gasteiger partial charge in [0, 0.05) is 0 Å². The molecule has 0 aliphatic rings. The van der Waals surface area contributed by atoms with Gasteiger partial charge in [-0.15, -0.1) is 0 Å². The fourth-order valence-corrected chi connectivity index (χ4v) is 2.44. The Balaban J connectivity index is 1.95. The van der Waals surface area contributed by atoms with Crippen LogP contribution in [-0.2, 0) is 10.0 Å². The fourth-order valence-electron chi connectivity index (χ4n) is 1.57. The molecule has 0 spiro atoms. The van der Waals surface area contributed by atoms with Crippen LogP contribution in [0.25, 0.3) is 0 Å². The minimum Gasteiger partial charge on any atom is -0.477 e. The van der Waals surface area contributed by atoms with Crippen LogP contribution in [0, 0.1) is 0 Å². The summed E-state index contributed by atoms with van der Waals surface area (Å²) in [7, 11) is -3.69. The SMILES string of the molecule is O=S(=O)(NCOc1ccccc1)c1ccc(OCF)cc1. The van der Waals surface area contributed by atoms with Crippen molar-refractivity contribution in [2.45, 2.75) is 4.90 Å². The van der Waals surface area contributed by atoms with Crippen molar-refractivity contribution < 1.29 is 22.3 Å². The topological polar surface area (TPSA) is 64.6 Å². The van der Waals surface area contributed by atoms with Crippen molar-refractivity contribution in [2.75, 3.05) is 13.6 Å². The monoisotopic (exact) mass is 311 g/mol.